The van der Waals surface area contributed by atoms with E-state index in [1.54, 1.807) is 0 Å². The van der Waals surface area contributed by atoms with Gasteiger partial charge in [0.05, 0.1) is 324 Å². The van der Waals surface area contributed by atoms with Crippen LogP contribution in [0.4, 0.5) is 0 Å². The molecule has 0 radical (unpaired) electrons. The summed E-state index contributed by atoms with van der Waals surface area (Å²) in [5.41, 5.74) is 1.37. The summed E-state index contributed by atoms with van der Waals surface area (Å²) in [5.74, 6) is 0.878. The van der Waals surface area contributed by atoms with Gasteiger partial charge in [-0.1, -0.05) is 57.6 Å². The van der Waals surface area contributed by atoms with Crippen molar-refractivity contribution in [3.8, 4) is 5.75 Å². The molecule has 564 valence electrons. The number of hydrogen-bond acceptors (Lipinski definition) is 28. The Balaban J connectivity index is 1.61. The normalized spacial score (nSPS) is 11.9. The largest absolute Gasteiger partial charge is 0.491 e. The third-order valence-corrected chi connectivity index (χ3v) is 13.0. The highest BCUT2D eigenvalue weighted by Gasteiger charge is 2.05. The maximum atomic E-state index is 10.4. The molecule has 29 nitrogen and oxygen atoms in total. The summed E-state index contributed by atoms with van der Waals surface area (Å²) in [7, 11) is -4.44. The summed E-state index contributed by atoms with van der Waals surface area (Å²) < 4.78 is 171. The number of benzene rings is 1. The highest BCUT2D eigenvalue weighted by molar-refractivity contribution is 7.80. The molecule has 0 heterocycles. The second-order valence-electron chi connectivity index (χ2n) is 20.3. The Morgan fingerprint density at radius 1 is 0.232 bits per heavy atom. The van der Waals surface area contributed by atoms with Gasteiger partial charge < -0.3 is 118 Å². The first kappa shape index (κ1) is 90.9. The van der Waals surface area contributed by atoms with Crippen molar-refractivity contribution in [1.29, 1.82) is 0 Å². The molecule has 95 heavy (non-hydrogen) atoms. The van der Waals surface area contributed by atoms with E-state index in [4.69, 9.17) is 123 Å². The molecule has 0 bridgehead atoms. The molecule has 0 aliphatic carbocycles. The lowest BCUT2D eigenvalue weighted by Gasteiger charge is -2.09. The van der Waals surface area contributed by atoms with Crippen molar-refractivity contribution in [2.45, 2.75) is 58.3 Å². The Morgan fingerprint density at radius 3 is 0.589 bits per heavy atom. The highest BCUT2D eigenvalue weighted by Crippen LogP contribution is 2.15. The lowest BCUT2D eigenvalue weighted by Crippen LogP contribution is -2.16. The molecule has 1 aromatic carbocycles. The van der Waals surface area contributed by atoms with Gasteiger partial charge in [-0.3, -0.25) is 4.55 Å². The second-order valence-corrected chi connectivity index (χ2v) is 21.4. The van der Waals surface area contributed by atoms with Gasteiger partial charge in [-0.2, -0.15) is 8.42 Å². The lowest BCUT2D eigenvalue weighted by atomic mass is 10.0. The average molecular weight is 1400 g/mol. The van der Waals surface area contributed by atoms with Crippen molar-refractivity contribution < 1.29 is 136 Å². The van der Waals surface area contributed by atoms with E-state index in [2.05, 4.69) is 35.4 Å². The van der Waals surface area contributed by atoms with Crippen LogP contribution >= 0.6 is 0 Å². The molecule has 0 aliphatic rings. The van der Waals surface area contributed by atoms with Crippen molar-refractivity contribution in [1.82, 2.24) is 0 Å². The molecule has 0 spiro atoms. The molecule has 1 N–H and O–H groups in total. The Bertz CT molecular complexity index is 1700. The fourth-order valence-electron chi connectivity index (χ4n) is 7.62. The van der Waals surface area contributed by atoms with E-state index in [9.17, 15) is 8.42 Å². The maximum absolute atomic E-state index is 10.4. The van der Waals surface area contributed by atoms with E-state index in [1.165, 1.54) is 50.5 Å². The predicted octanol–water partition coefficient (Wildman–Crippen LogP) is 4.58. The van der Waals surface area contributed by atoms with Crippen LogP contribution in [0.2, 0.25) is 0 Å². The summed E-state index contributed by atoms with van der Waals surface area (Å²) in [6.07, 6.45) is 10.4. The third kappa shape index (κ3) is 79.1. The molecule has 0 aliphatic heterocycles. The molecule has 0 saturated carbocycles. The van der Waals surface area contributed by atoms with Crippen molar-refractivity contribution in [2.75, 3.05) is 330 Å². The van der Waals surface area contributed by atoms with Crippen LogP contribution in [0, 0.1) is 0 Å². The number of aryl methyl sites for hydroxylation is 1. The van der Waals surface area contributed by atoms with Crippen LogP contribution in [0.5, 0.6) is 5.75 Å². The summed E-state index contributed by atoms with van der Waals surface area (Å²) in [4.78, 5) is 0. The van der Waals surface area contributed by atoms with E-state index < -0.39 is 10.4 Å². The summed E-state index contributed by atoms with van der Waals surface area (Å²) in [6, 6.07) is 8.44. The van der Waals surface area contributed by atoms with Crippen LogP contribution in [0.3, 0.4) is 0 Å². The molecule has 0 atom stereocenters. The van der Waals surface area contributed by atoms with Gasteiger partial charge in [0, 0.05) is 0 Å². The first-order chi connectivity index (χ1) is 47.0. The molecule has 0 unspecified atom stereocenters. The molecule has 30 heteroatoms. The minimum atomic E-state index is -4.44. The predicted molar refractivity (Wildman–Crippen MR) is 351 cm³/mol. The van der Waals surface area contributed by atoms with Gasteiger partial charge in [0.1, 0.15) is 12.4 Å². The zero-order valence-corrected chi connectivity index (χ0v) is 58.4. The second kappa shape index (κ2) is 79.3. The smallest absolute Gasteiger partial charge is 0.397 e. The first-order valence-electron chi connectivity index (χ1n) is 34.2. The minimum absolute atomic E-state index is 0.0217. The van der Waals surface area contributed by atoms with Crippen molar-refractivity contribution in [3.63, 3.8) is 0 Å². The Morgan fingerprint density at radius 2 is 0.400 bits per heavy atom. The van der Waals surface area contributed by atoms with E-state index in [1.807, 2.05) is 0 Å². The molecule has 1 aromatic rings. The molecule has 1 rings (SSSR count). The number of rotatable bonds is 85. The lowest BCUT2D eigenvalue weighted by molar-refractivity contribution is -0.0320. The summed E-state index contributed by atoms with van der Waals surface area (Å²) in [6.45, 7) is 24.5. The van der Waals surface area contributed by atoms with Gasteiger partial charge in [0.2, 0.25) is 0 Å². The monoisotopic (exact) mass is 1400 g/mol. The zero-order valence-electron chi connectivity index (χ0n) is 57.6. The fraction of sp³-hybridized carbons (Fsp3) is 0.908. The fourth-order valence-corrected chi connectivity index (χ4v) is 7.89. The molecule has 0 fully saturated rings. The first-order valence-corrected chi connectivity index (χ1v) is 35.6. The van der Waals surface area contributed by atoms with Gasteiger partial charge in [0.15, 0.2) is 0 Å². The minimum Gasteiger partial charge on any atom is -0.491 e. The quantitative estimate of drug-likeness (QED) is 0.0690. The average Bonchev–Trinajstić information content (AvgIpc) is 3.23. The zero-order chi connectivity index (χ0) is 67.9. The van der Waals surface area contributed by atoms with E-state index in [0.29, 0.717) is 311 Å². The molecule has 0 saturated heterocycles. The van der Waals surface area contributed by atoms with Gasteiger partial charge in [-0.25, -0.2) is 4.18 Å². The van der Waals surface area contributed by atoms with Gasteiger partial charge in [-0.15, -0.1) is 0 Å². The topological polar surface area (TPSA) is 294 Å². The van der Waals surface area contributed by atoms with Gasteiger partial charge >= 0.3 is 10.4 Å². The summed E-state index contributed by atoms with van der Waals surface area (Å²) >= 11 is 0. The van der Waals surface area contributed by atoms with E-state index >= 15 is 0 Å². The van der Waals surface area contributed by atoms with E-state index in [0.717, 1.165) is 12.2 Å². The van der Waals surface area contributed by atoms with Crippen molar-refractivity contribution in [3.05, 3.63) is 29.8 Å². The van der Waals surface area contributed by atoms with E-state index in [-0.39, 0.29) is 19.8 Å². The van der Waals surface area contributed by atoms with Crippen LogP contribution < -0.4 is 4.74 Å². The Hall–Kier alpha value is -2.07. The molecule has 0 aromatic heterocycles. The van der Waals surface area contributed by atoms with Gasteiger partial charge in [0.25, 0.3) is 0 Å². The number of unbranched alkanes of at least 4 members (excludes halogenated alkanes) is 6. The number of hydrogen-bond donors (Lipinski definition) is 1. The third-order valence-electron chi connectivity index (χ3n) is 12.5. The van der Waals surface area contributed by atoms with Crippen LogP contribution in [0.25, 0.3) is 0 Å². The molecular weight excluding hydrogens is 1280 g/mol. The maximum Gasteiger partial charge on any atom is 0.397 e. The van der Waals surface area contributed by atoms with Gasteiger partial charge in [-0.05, 0) is 30.5 Å². The number of ether oxygens (including phenoxy) is 25. The van der Waals surface area contributed by atoms with Crippen LogP contribution in [-0.2, 0) is 135 Å². The SMILES string of the molecule is CCCCCCCCCc1ccc(OCCOCCOCCOCCOCCOCCOCCOCCOCCOCCOCCOCCOCCOCCOCCOCCOCCOCCOCCOCCOCCOCCOCCOCCOCCOS(=O)(=O)O)cc1. The van der Waals surface area contributed by atoms with Crippen LogP contribution in [0.1, 0.15) is 57.4 Å². The Kier molecular flexibility index (Phi) is 75.9. The Labute approximate surface area is 568 Å². The standard InChI is InChI=1S/C65H124O29S/c1-2-3-4-5-6-7-8-9-64-10-12-65(13-11-64)93-62-60-91-58-56-89-54-52-87-50-48-85-46-44-83-42-40-81-38-36-79-34-32-77-30-28-75-26-24-73-22-20-71-18-16-69-14-15-70-17-19-72-21-23-74-25-27-76-29-31-78-33-35-80-37-39-82-41-43-84-45-47-86-49-51-88-53-55-90-57-59-92-61-63-94-95(66,67)68/h10-13H,2-9,14-63H2,1H3,(H,66,67,68). The highest BCUT2D eigenvalue weighted by atomic mass is 32.3. The van der Waals surface area contributed by atoms with Crippen LogP contribution in [-0.4, -0.2) is 343 Å². The van der Waals surface area contributed by atoms with Crippen molar-refractivity contribution >= 4 is 10.4 Å². The van der Waals surface area contributed by atoms with Crippen LogP contribution in [0.15, 0.2) is 24.3 Å². The van der Waals surface area contributed by atoms with Crippen molar-refractivity contribution in [2.24, 2.45) is 0 Å². The molecule has 0 amide bonds. The summed E-state index contributed by atoms with van der Waals surface area (Å²) in [5, 5.41) is 0. The molecular formula is C65H124O29S.